The van der Waals surface area contributed by atoms with Gasteiger partial charge in [0, 0.05) is 42.9 Å². The maximum atomic E-state index is 12.8. The fourth-order valence-corrected chi connectivity index (χ4v) is 3.99. The van der Waals surface area contributed by atoms with Gasteiger partial charge in [-0.2, -0.15) is 5.10 Å². The topological polar surface area (TPSA) is 75.9 Å². The Hall–Kier alpha value is -2.28. The van der Waals surface area contributed by atoms with E-state index >= 15 is 0 Å². The first-order valence-corrected chi connectivity index (χ1v) is 9.86. The number of aromatic nitrogens is 4. The van der Waals surface area contributed by atoms with Crippen molar-refractivity contribution >= 4 is 5.91 Å². The van der Waals surface area contributed by atoms with Crippen LogP contribution in [0.2, 0.25) is 0 Å². The Morgan fingerprint density at radius 2 is 2.04 bits per heavy atom. The molecule has 2 aromatic rings. The van der Waals surface area contributed by atoms with Crippen molar-refractivity contribution in [3.63, 3.8) is 0 Å². The molecule has 2 aliphatic heterocycles. The van der Waals surface area contributed by atoms with Crippen LogP contribution in [0.15, 0.2) is 6.20 Å². The predicted molar refractivity (Wildman–Crippen MR) is 102 cm³/mol. The normalized spacial score (nSPS) is 17.8. The van der Waals surface area contributed by atoms with Crippen LogP contribution in [0.25, 0.3) is 0 Å². The molecule has 7 nitrogen and oxygen atoms in total. The van der Waals surface area contributed by atoms with Gasteiger partial charge in [0.15, 0.2) is 0 Å². The zero-order chi connectivity index (χ0) is 19.0. The van der Waals surface area contributed by atoms with Gasteiger partial charge in [-0.1, -0.05) is 0 Å². The Labute approximate surface area is 160 Å². The summed E-state index contributed by atoms with van der Waals surface area (Å²) in [4.78, 5) is 24.2. The molecule has 0 aliphatic carbocycles. The van der Waals surface area contributed by atoms with Gasteiger partial charge in [0.25, 0.3) is 0 Å². The Morgan fingerprint density at radius 3 is 2.74 bits per heavy atom. The highest BCUT2D eigenvalue weighted by molar-refractivity contribution is 5.76. The van der Waals surface area contributed by atoms with Gasteiger partial charge < -0.3 is 10.2 Å². The van der Waals surface area contributed by atoms with E-state index in [0.717, 1.165) is 66.4 Å². The first kappa shape index (κ1) is 18.1. The number of rotatable bonds is 3. The molecule has 144 valence electrons. The summed E-state index contributed by atoms with van der Waals surface area (Å²) >= 11 is 0. The lowest BCUT2D eigenvalue weighted by Gasteiger charge is -2.29. The van der Waals surface area contributed by atoms with Crippen LogP contribution < -0.4 is 5.32 Å². The lowest BCUT2D eigenvalue weighted by Crippen LogP contribution is -2.39. The minimum absolute atomic E-state index is 0.105. The molecular formula is C20H28N6O. The molecule has 0 bridgehead atoms. The second kappa shape index (κ2) is 7.38. The predicted octanol–water partition coefficient (Wildman–Crippen LogP) is 1.65. The second-order valence-electron chi connectivity index (χ2n) is 7.74. The number of nitrogens with one attached hydrogen (secondary N) is 1. The third kappa shape index (κ3) is 3.60. The number of carbonyl (C=O) groups excluding carboxylic acids is 1. The summed E-state index contributed by atoms with van der Waals surface area (Å²) in [6, 6.07) is 0. The maximum absolute atomic E-state index is 12.8. The van der Waals surface area contributed by atoms with E-state index < -0.39 is 0 Å². The SMILES string of the molecule is Cc1nn(CC(=O)N2CCc3nc(C4CCNCC4)ncc3C2)c(C)c1C. The smallest absolute Gasteiger partial charge is 0.244 e. The molecule has 1 fully saturated rings. The van der Waals surface area contributed by atoms with Gasteiger partial charge in [-0.05, 0) is 52.3 Å². The van der Waals surface area contributed by atoms with Crippen molar-refractivity contribution in [2.24, 2.45) is 0 Å². The third-order valence-electron chi connectivity index (χ3n) is 6.04. The molecule has 4 rings (SSSR count). The summed E-state index contributed by atoms with van der Waals surface area (Å²) in [6.45, 7) is 9.74. The average molecular weight is 368 g/mol. The molecule has 0 atom stereocenters. The first-order valence-electron chi connectivity index (χ1n) is 9.86. The van der Waals surface area contributed by atoms with Crippen molar-refractivity contribution in [1.82, 2.24) is 30.0 Å². The van der Waals surface area contributed by atoms with Gasteiger partial charge in [0.2, 0.25) is 5.91 Å². The van der Waals surface area contributed by atoms with Crippen LogP contribution in [-0.2, 0) is 24.3 Å². The van der Waals surface area contributed by atoms with E-state index in [0.29, 0.717) is 25.6 Å². The molecule has 4 heterocycles. The summed E-state index contributed by atoms with van der Waals surface area (Å²) < 4.78 is 1.82. The molecule has 1 amide bonds. The molecule has 7 heteroatoms. The van der Waals surface area contributed by atoms with Gasteiger partial charge in [-0.15, -0.1) is 0 Å². The van der Waals surface area contributed by atoms with Crippen LogP contribution in [-0.4, -0.2) is 50.2 Å². The molecular weight excluding hydrogens is 340 g/mol. The molecule has 0 unspecified atom stereocenters. The van der Waals surface area contributed by atoms with Crippen LogP contribution in [0.5, 0.6) is 0 Å². The number of hydrogen-bond acceptors (Lipinski definition) is 5. The van der Waals surface area contributed by atoms with Crippen molar-refractivity contribution in [3.8, 4) is 0 Å². The molecule has 0 radical (unpaired) electrons. The fourth-order valence-electron chi connectivity index (χ4n) is 3.99. The fraction of sp³-hybridized carbons (Fsp3) is 0.600. The first-order chi connectivity index (χ1) is 13.0. The maximum Gasteiger partial charge on any atom is 0.244 e. The van der Waals surface area contributed by atoms with Crippen molar-refractivity contribution in [1.29, 1.82) is 0 Å². The van der Waals surface area contributed by atoms with E-state index in [2.05, 4.69) is 15.4 Å². The van der Waals surface area contributed by atoms with Gasteiger partial charge in [0.1, 0.15) is 12.4 Å². The summed E-state index contributed by atoms with van der Waals surface area (Å²) in [5.74, 6) is 1.55. The van der Waals surface area contributed by atoms with Crippen LogP contribution in [0, 0.1) is 20.8 Å². The van der Waals surface area contributed by atoms with Crippen LogP contribution in [0.3, 0.4) is 0 Å². The molecule has 2 aromatic heterocycles. The number of fused-ring (bicyclic) bond motifs is 1. The lowest BCUT2D eigenvalue weighted by atomic mass is 9.96. The Balaban J connectivity index is 1.44. The van der Waals surface area contributed by atoms with Gasteiger partial charge in [-0.3, -0.25) is 9.48 Å². The standard InChI is InChI=1S/C20H28N6O/c1-13-14(2)24-26(15(13)3)12-19(27)25-9-6-18-17(11-25)10-22-20(23-18)16-4-7-21-8-5-16/h10,16,21H,4-9,11-12H2,1-3H3. The summed E-state index contributed by atoms with van der Waals surface area (Å²) in [7, 11) is 0. The van der Waals surface area contributed by atoms with E-state index in [1.54, 1.807) is 0 Å². The molecule has 0 spiro atoms. The number of piperidine rings is 1. The van der Waals surface area contributed by atoms with E-state index in [-0.39, 0.29) is 5.91 Å². The monoisotopic (exact) mass is 368 g/mol. The van der Waals surface area contributed by atoms with Gasteiger partial charge in [-0.25, -0.2) is 9.97 Å². The Morgan fingerprint density at radius 1 is 1.26 bits per heavy atom. The average Bonchev–Trinajstić information content (AvgIpc) is 2.94. The third-order valence-corrected chi connectivity index (χ3v) is 6.04. The van der Waals surface area contributed by atoms with E-state index in [9.17, 15) is 4.79 Å². The zero-order valence-electron chi connectivity index (χ0n) is 16.5. The van der Waals surface area contributed by atoms with Crippen LogP contribution in [0.1, 0.15) is 52.8 Å². The number of amides is 1. The molecule has 1 N–H and O–H groups in total. The highest BCUT2D eigenvalue weighted by atomic mass is 16.2. The number of carbonyl (C=O) groups is 1. The number of hydrogen-bond donors (Lipinski definition) is 1. The quantitative estimate of drug-likeness (QED) is 0.892. The Kier molecular flexibility index (Phi) is 4.95. The lowest BCUT2D eigenvalue weighted by molar-refractivity contribution is -0.133. The zero-order valence-corrected chi connectivity index (χ0v) is 16.5. The second-order valence-corrected chi connectivity index (χ2v) is 7.74. The van der Waals surface area contributed by atoms with Gasteiger partial charge in [0.05, 0.1) is 11.4 Å². The molecule has 0 aromatic carbocycles. The number of nitrogens with zero attached hydrogens (tertiary/aromatic N) is 5. The van der Waals surface area contributed by atoms with Gasteiger partial charge >= 0.3 is 0 Å². The number of aryl methyl sites for hydroxylation is 1. The van der Waals surface area contributed by atoms with Crippen LogP contribution in [0.4, 0.5) is 0 Å². The molecule has 27 heavy (non-hydrogen) atoms. The van der Waals surface area contributed by atoms with Crippen molar-refractivity contribution in [3.05, 3.63) is 40.2 Å². The molecule has 1 saturated heterocycles. The highest BCUT2D eigenvalue weighted by Crippen LogP contribution is 2.25. The largest absolute Gasteiger partial charge is 0.336 e. The van der Waals surface area contributed by atoms with E-state index in [4.69, 9.17) is 4.98 Å². The summed E-state index contributed by atoms with van der Waals surface area (Å²) in [5, 5.41) is 7.88. The minimum atomic E-state index is 0.105. The molecule has 2 aliphatic rings. The van der Waals surface area contributed by atoms with Crippen molar-refractivity contribution < 1.29 is 4.79 Å². The summed E-state index contributed by atoms with van der Waals surface area (Å²) in [6.07, 6.45) is 4.95. The highest BCUT2D eigenvalue weighted by Gasteiger charge is 2.25. The van der Waals surface area contributed by atoms with E-state index in [1.165, 1.54) is 0 Å². The molecule has 0 saturated carbocycles. The van der Waals surface area contributed by atoms with Crippen LogP contribution >= 0.6 is 0 Å². The van der Waals surface area contributed by atoms with Crippen molar-refractivity contribution in [2.75, 3.05) is 19.6 Å². The minimum Gasteiger partial charge on any atom is -0.336 e. The van der Waals surface area contributed by atoms with Crippen molar-refractivity contribution in [2.45, 2.75) is 59.0 Å². The van der Waals surface area contributed by atoms with E-state index in [1.807, 2.05) is 36.5 Å². The Bertz CT molecular complexity index is 852. The summed E-state index contributed by atoms with van der Waals surface area (Å²) in [5.41, 5.74) is 5.41.